The topological polar surface area (TPSA) is 74.6 Å². The number of carboxylic acid groups (broad SMARTS) is 2. The first-order valence-corrected chi connectivity index (χ1v) is 9.28. The summed E-state index contributed by atoms with van der Waals surface area (Å²) in [7, 11) is 0. The molecule has 6 heteroatoms. The average molecular weight is 382 g/mol. The van der Waals surface area contributed by atoms with Crippen LogP contribution in [0.15, 0.2) is 92.4 Å². The van der Waals surface area contributed by atoms with E-state index in [1.165, 1.54) is 35.7 Å². The van der Waals surface area contributed by atoms with Gasteiger partial charge in [-0.25, -0.2) is 9.59 Å². The molecule has 0 radical (unpaired) electrons. The molecule has 0 saturated carbocycles. The van der Waals surface area contributed by atoms with Gasteiger partial charge in [0.1, 0.15) is 0 Å². The van der Waals surface area contributed by atoms with Crippen LogP contribution in [0.1, 0.15) is 20.7 Å². The monoisotopic (exact) mass is 382 g/mol. The Bertz CT molecular complexity index is 862. The molecule has 0 unspecified atom stereocenters. The first kappa shape index (κ1) is 18.1. The smallest absolute Gasteiger partial charge is 0.336 e. The van der Waals surface area contributed by atoms with Crippen LogP contribution in [0, 0.1) is 0 Å². The number of rotatable bonds is 6. The van der Waals surface area contributed by atoms with Crippen molar-refractivity contribution < 1.29 is 19.8 Å². The van der Waals surface area contributed by atoms with Gasteiger partial charge in [-0.3, -0.25) is 0 Å². The van der Waals surface area contributed by atoms with Crippen LogP contribution < -0.4 is 0 Å². The van der Waals surface area contributed by atoms with Crippen LogP contribution in [0.3, 0.4) is 0 Å². The molecule has 0 aliphatic heterocycles. The molecule has 0 fully saturated rings. The lowest BCUT2D eigenvalue weighted by Gasteiger charge is -2.12. The van der Waals surface area contributed by atoms with Crippen molar-refractivity contribution in [1.82, 2.24) is 0 Å². The maximum atomic E-state index is 11.7. The van der Waals surface area contributed by atoms with E-state index in [0.29, 0.717) is 9.79 Å². The van der Waals surface area contributed by atoms with Crippen LogP contribution in [0.4, 0.5) is 0 Å². The van der Waals surface area contributed by atoms with Gasteiger partial charge in [-0.05, 0) is 36.4 Å². The van der Waals surface area contributed by atoms with Crippen LogP contribution >= 0.6 is 23.5 Å². The van der Waals surface area contributed by atoms with E-state index < -0.39 is 11.9 Å². The molecule has 3 rings (SSSR count). The molecule has 130 valence electrons. The molecule has 26 heavy (non-hydrogen) atoms. The van der Waals surface area contributed by atoms with E-state index >= 15 is 0 Å². The van der Waals surface area contributed by atoms with E-state index in [9.17, 15) is 19.8 Å². The summed E-state index contributed by atoms with van der Waals surface area (Å²) in [6.07, 6.45) is 0. The number of hydrogen-bond acceptors (Lipinski definition) is 4. The van der Waals surface area contributed by atoms with Crippen LogP contribution in [-0.4, -0.2) is 22.2 Å². The van der Waals surface area contributed by atoms with Gasteiger partial charge < -0.3 is 10.2 Å². The Morgan fingerprint density at radius 2 is 0.962 bits per heavy atom. The van der Waals surface area contributed by atoms with Gasteiger partial charge in [-0.15, -0.1) is 0 Å². The van der Waals surface area contributed by atoms with E-state index in [0.717, 1.165) is 9.79 Å². The predicted octanol–water partition coefficient (Wildman–Crippen LogP) is 5.39. The zero-order chi connectivity index (χ0) is 18.5. The highest BCUT2D eigenvalue weighted by molar-refractivity contribution is 8.00. The third kappa shape index (κ3) is 4.28. The Labute approximate surface area is 158 Å². The molecule has 0 spiro atoms. The molecule has 0 aromatic heterocycles. The second kappa shape index (κ2) is 8.12. The van der Waals surface area contributed by atoms with Crippen molar-refractivity contribution in [3.8, 4) is 0 Å². The highest BCUT2D eigenvalue weighted by Gasteiger charge is 2.20. The Morgan fingerprint density at radius 3 is 1.27 bits per heavy atom. The second-order valence-corrected chi connectivity index (χ2v) is 7.52. The summed E-state index contributed by atoms with van der Waals surface area (Å²) in [4.78, 5) is 25.9. The first-order valence-electron chi connectivity index (χ1n) is 7.65. The van der Waals surface area contributed by atoms with Gasteiger partial charge in [0.15, 0.2) is 0 Å². The van der Waals surface area contributed by atoms with Crippen LogP contribution in [-0.2, 0) is 0 Å². The Kier molecular flexibility index (Phi) is 5.65. The van der Waals surface area contributed by atoms with E-state index in [4.69, 9.17) is 0 Å². The third-order valence-electron chi connectivity index (χ3n) is 3.48. The third-order valence-corrected chi connectivity index (χ3v) is 5.62. The molecule has 4 nitrogen and oxygen atoms in total. The van der Waals surface area contributed by atoms with Gasteiger partial charge in [0.25, 0.3) is 0 Å². The van der Waals surface area contributed by atoms with Crippen molar-refractivity contribution in [3.63, 3.8) is 0 Å². The van der Waals surface area contributed by atoms with Crippen molar-refractivity contribution in [2.24, 2.45) is 0 Å². The van der Waals surface area contributed by atoms with Crippen molar-refractivity contribution in [2.75, 3.05) is 0 Å². The largest absolute Gasteiger partial charge is 0.478 e. The highest BCUT2D eigenvalue weighted by atomic mass is 32.2. The van der Waals surface area contributed by atoms with Crippen LogP contribution in [0.25, 0.3) is 0 Å². The Balaban J connectivity index is 2.06. The molecule has 0 amide bonds. The summed E-state index contributed by atoms with van der Waals surface area (Å²) >= 11 is 2.47. The Hall–Kier alpha value is -2.70. The minimum Gasteiger partial charge on any atom is -0.478 e. The lowest BCUT2D eigenvalue weighted by molar-refractivity contribution is 0.0675. The molecular weight excluding hydrogens is 368 g/mol. The van der Waals surface area contributed by atoms with Crippen molar-refractivity contribution >= 4 is 35.5 Å². The summed E-state index contributed by atoms with van der Waals surface area (Å²) in [6, 6.07) is 21.4. The number of hydrogen-bond donors (Lipinski definition) is 2. The second-order valence-electron chi connectivity index (χ2n) is 5.29. The molecule has 3 aromatic carbocycles. The number of benzene rings is 3. The van der Waals surface area contributed by atoms with Crippen molar-refractivity contribution in [2.45, 2.75) is 19.6 Å². The Morgan fingerprint density at radius 1 is 0.615 bits per heavy atom. The quantitative estimate of drug-likeness (QED) is 0.596. The summed E-state index contributed by atoms with van der Waals surface area (Å²) in [5.41, 5.74) is 0.171. The minimum absolute atomic E-state index is 0.0854. The SMILES string of the molecule is O=C(O)c1cc(Sc2ccccc2)c(C(=O)O)cc1Sc1ccccc1. The van der Waals surface area contributed by atoms with E-state index in [2.05, 4.69) is 0 Å². The predicted molar refractivity (Wildman–Crippen MR) is 101 cm³/mol. The molecule has 0 bridgehead atoms. The zero-order valence-electron chi connectivity index (χ0n) is 13.5. The van der Waals surface area contributed by atoms with Gasteiger partial charge in [0, 0.05) is 19.6 Å². The maximum Gasteiger partial charge on any atom is 0.336 e. The van der Waals surface area contributed by atoms with Gasteiger partial charge >= 0.3 is 11.9 Å². The summed E-state index contributed by atoms with van der Waals surface area (Å²) < 4.78 is 0. The maximum absolute atomic E-state index is 11.7. The van der Waals surface area contributed by atoms with E-state index in [1.54, 1.807) is 0 Å². The number of aromatic carboxylic acids is 2. The normalized spacial score (nSPS) is 10.5. The van der Waals surface area contributed by atoms with Crippen molar-refractivity contribution in [3.05, 3.63) is 83.9 Å². The molecular formula is C20H14O4S2. The number of carbonyl (C=O) groups is 2. The van der Waals surface area contributed by atoms with Crippen molar-refractivity contribution in [1.29, 1.82) is 0 Å². The highest BCUT2D eigenvalue weighted by Crippen LogP contribution is 2.37. The number of carboxylic acids is 2. The molecule has 0 saturated heterocycles. The zero-order valence-corrected chi connectivity index (χ0v) is 15.1. The molecule has 0 atom stereocenters. The first-order chi connectivity index (χ1) is 12.5. The standard InChI is InChI=1S/C20H14O4S2/c21-19(22)15-12-18(26-14-9-5-2-6-10-14)16(20(23)24)11-17(15)25-13-7-3-1-4-8-13/h1-12H,(H,21,22)(H,23,24). The van der Waals surface area contributed by atoms with Gasteiger partial charge in [0.2, 0.25) is 0 Å². The molecule has 0 aliphatic rings. The van der Waals surface area contributed by atoms with Gasteiger partial charge in [0.05, 0.1) is 11.1 Å². The van der Waals surface area contributed by atoms with Gasteiger partial charge in [-0.2, -0.15) is 0 Å². The fourth-order valence-electron chi connectivity index (χ4n) is 2.29. The van der Waals surface area contributed by atoms with E-state index in [-0.39, 0.29) is 11.1 Å². The molecule has 2 N–H and O–H groups in total. The van der Waals surface area contributed by atoms with Crippen LogP contribution in [0.5, 0.6) is 0 Å². The summed E-state index contributed by atoms with van der Waals surface area (Å²) in [6.45, 7) is 0. The molecule has 0 aliphatic carbocycles. The van der Waals surface area contributed by atoms with E-state index in [1.807, 2.05) is 60.7 Å². The van der Waals surface area contributed by atoms with Gasteiger partial charge in [-0.1, -0.05) is 59.9 Å². The molecule has 3 aromatic rings. The fraction of sp³-hybridized carbons (Fsp3) is 0. The lowest BCUT2D eigenvalue weighted by atomic mass is 10.1. The summed E-state index contributed by atoms with van der Waals surface area (Å²) in [5.74, 6) is -2.18. The molecule has 0 heterocycles. The lowest BCUT2D eigenvalue weighted by Crippen LogP contribution is -2.05. The minimum atomic E-state index is -1.09. The summed E-state index contributed by atoms with van der Waals surface area (Å²) in [5, 5.41) is 19.2. The average Bonchev–Trinajstić information content (AvgIpc) is 2.64. The fourth-order valence-corrected chi connectivity index (χ4v) is 4.25. The van der Waals surface area contributed by atoms with Crippen LogP contribution in [0.2, 0.25) is 0 Å².